The zero-order chi connectivity index (χ0) is 12.1. The summed E-state index contributed by atoms with van der Waals surface area (Å²) in [5, 5.41) is 12.7. The number of aromatic nitrogens is 2. The van der Waals surface area contributed by atoms with Crippen molar-refractivity contribution in [3.63, 3.8) is 0 Å². The van der Waals surface area contributed by atoms with E-state index >= 15 is 0 Å². The molecule has 5 nitrogen and oxygen atoms in total. The molecule has 0 radical (unpaired) electrons. The molecule has 5 heteroatoms. The Morgan fingerprint density at radius 1 is 1.41 bits per heavy atom. The van der Waals surface area contributed by atoms with Crippen molar-refractivity contribution < 1.29 is 5.11 Å². The predicted molar refractivity (Wildman–Crippen MR) is 68.3 cm³/mol. The lowest BCUT2D eigenvalue weighted by Gasteiger charge is -2.30. The molecule has 94 valence electrons. The van der Waals surface area contributed by atoms with E-state index in [1.807, 2.05) is 6.07 Å². The van der Waals surface area contributed by atoms with Crippen molar-refractivity contribution in [2.45, 2.75) is 32.3 Å². The van der Waals surface area contributed by atoms with Gasteiger partial charge in [0.2, 0.25) is 0 Å². The second-order valence-electron chi connectivity index (χ2n) is 4.41. The molecule has 0 atom stereocenters. The molecule has 0 aliphatic carbocycles. The van der Waals surface area contributed by atoms with E-state index in [4.69, 9.17) is 0 Å². The van der Waals surface area contributed by atoms with Crippen LogP contribution in [0.1, 0.15) is 26.2 Å². The van der Waals surface area contributed by atoms with E-state index in [9.17, 15) is 5.11 Å². The average molecular weight is 236 g/mol. The third-order valence-electron chi connectivity index (χ3n) is 3.00. The lowest BCUT2D eigenvalue weighted by Crippen LogP contribution is -2.36. The monoisotopic (exact) mass is 236 g/mol. The first-order valence-electron chi connectivity index (χ1n) is 6.28. The van der Waals surface area contributed by atoms with Gasteiger partial charge in [-0.2, -0.15) is 0 Å². The van der Waals surface area contributed by atoms with Crippen molar-refractivity contribution in [1.29, 1.82) is 0 Å². The van der Waals surface area contributed by atoms with E-state index in [2.05, 4.69) is 27.1 Å². The fraction of sp³-hybridized carbons (Fsp3) is 0.667. The van der Waals surface area contributed by atoms with Crippen LogP contribution in [0.15, 0.2) is 12.4 Å². The third kappa shape index (κ3) is 3.30. The molecule has 2 heterocycles. The Morgan fingerprint density at radius 2 is 2.18 bits per heavy atom. The van der Waals surface area contributed by atoms with Crippen LogP contribution < -0.4 is 10.2 Å². The zero-order valence-electron chi connectivity index (χ0n) is 10.3. The van der Waals surface area contributed by atoms with E-state index in [1.165, 1.54) is 0 Å². The molecule has 1 aromatic rings. The van der Waals surface area contributed by atoms with Gasteiger partial charge in [0.1, 0.15) is 18.0 Å². The summed E-state index contributed by atoms with van der Waals surface area (Å²) in [6, 6.07) is 1.98. The van der Waals surface area contributed by atoms with Gasteiger partial charge in [-0.1, -0.05) is 6.92 Å². The number of rotatable bonds is 4. The maximum absolute atomic E-state index is 9.47. The van der Waals surface area contributed by atoms with Gasteiger partial charge in [0.05, 0.1) is 6.10 Å². The molecule has 1 aliphatic heterocycles. The van der Waals surface area contributed by atoms with Crippen LogP contribution in [0.3, 0.4) is 0 Å². The van der Waals surface area contributed by atoms with Crippen LogP contribution in [0.4, 0.5) is 11.6 Å². The van der Waals surface area contributed by atoms with Gasteiger partial charge in [-0.05, 0) is 19.3 Å². The molecule has 1 aliphatic rings. The molecule has 1 fully saturated rings. The quantitative estimate of drug-likeness (QED) is 0.824. The summed E-state index contributed by atoms with van der Waals surface area (Å²) in [4.78, 5) is 10.7. The van der Waals surface area contributed by atoms with Gasteiger partial charge in [0.15, 0.2) is 0 Å². The van der Waals surface area contributed by atoms with Crippen molar-refractivity contribution in [3.05, 3.63) is 12.4 Å². The first-order chi connectivity index (χ1) is 8.29. The maximum atomic E-state index is 9.47. The largest absolute Gasteiger partial charge is 0.393 e. The van der Waals surface area contributed by atoms with Crippen molar-refractivity contribution in [3.8, 4) is 0 Å². The van der Waals surface area contributed by atoms with Crippen molar-refractivity contribution >= 4 is 11.6 Å². The standard InChI is InChI=1S/C12H20N4O/c1-2-5-13-11-8-12(15-9-14-11)16-6-3-10(17)4-7-16/h8-10,17H,2-7H2,1H3,(H,13,14,15). The van der Waals surface area contributed by atoms with Gasteiger partial charge in [-0.25, -0.2) is 9.97 Å². The lowest BCUT2D eigenvalue weighted by atomic mass is 10.1. The van der Waals surface area contributed by atoms with Gasteiger partial charge in [0.25, 0.3) is 0 Å². The molecule has 0 bridgehead atoms. The number of hydrogen-bond donors (Lipinski definition) is 2. The number of aliphatic hydroxyl groups is 1. The second kappa shape index (κ2) is 5.82. The topological polar surface area (TPSA) is 61.3 Å². The molecule has 0 spiro atoms. The molecule has 0 aromatic carbocycles. The van der Waals surface area contributed by atoms with E-state index in [1.54, 1.807) is 6.33 Å². The normalized spacial score (nSPS) is 17.2. The number of nitrogens with zero attached hydrogens (tertiary/aromatic N) is 3. The summed E-state index contributed by atoms with van der Waals surface area (Å²) in [5.41, 5.74) is 0. The minimum absolute atomic E-state index is 0.147. The molecule has 0 unspecified atom stereocenters. The fourth-order valence-corrected chi connectivity index (χ4v) is 1.96. The van der Waals surface area contributed by atoms with Crippen LogP contribution in [0.5, 0.6) is 0 Å². The highest BCUT2D eigenvalue weighted by molar-refractivity contribution is 5.48. The number of aliphatic hydroxyl groups excluding tert-OH is 1. The van der Waals surface area contributed by atoms with Gasteiger partial charge < -0.3 is 15.3 Å². The second-order valence-corrected chi connectivity index (χ2v) is 4.41. The summed E-state index contributed by atoms with van der Waals surface area (Å²) in [6.07, 6.45) is 4.17. The lowest BCUT2D eigenvalue weighted by molar-refractivity contribution is 0.145. The molecule has 2 N–H and O–H groups in total. The van der Waals surface area contributed by atoms with Crippen molar-refractivity contribution in [2.24, 2.45) is 0 Å². The molecule has 0 amide bonds. The summed E-state index contributed by atoms with van der Waals surface area (Å²) >= 11 is 0. The molecule has 1 aromatic heterocycles. The first kappa shape index (κ1) is 12.1. The number of piperidine rings is 1. The van der Waals surface area contributed by atoms with Crippen LogP contribution in [0.25, 0.3) is 0 Å². The van der Waals surface area contributed by atoms with Crippen molar-refractivity contribution in [2.75, 3.05) is 29.9 Å². The van der Waals surface area contributed by atoms with Gasteiger partial charge >= 0.3 is 0 Å². The molecular formula is C12H20N4O. The van der Waals surface area contributed by atoms with Crippen LogP contribution in [-0.2, 0) is 0 Å². The Hall–Kier alpha value is -1.36. The molecule has 17 heavy (non-hydrogen) atoms. The summed E-state index contributed by atoms with van der Waals surface area (Å²) in [6.45, 7) is 4.78. The van der Waals surface area contributed by atoms with Gasteiger partial charge in [0, 0.05) is 25.7 Å². The molecular weight excluding hydrogens is 216 g/mol. The van der Waals surface area contributed by atoms with Crippen LogP contribution in [0.2, 0.25) is 0 Å². The molecule has 0 saturated carbocycles. The third-order valence-corrected chi connectivity index (χ3v) is 3.00. The number of hydrogen-bond acceptors (Lipinski definition) is 5. The van der Waals surface area contributed by atoms with E-state index in [0.29, 0.717) is 0 Å². The summed E-state index contributed by atoms with van der Waals surface area (Å²) in [7, 11) is 0. The Balaban J connectivity index is 2.00. The van der Waals surface area contributed by atoms with Crippen LogP contribution >= 0.6 is 0 Å². The molecule has 2 rings (SSSR count). The Bertz CT molecular complexity index is 350. The van der Waals surface area contributed by atoms with E-state index in [0.717, 1.165) is 50.5 Å². The predicted octanol–water partition coefficient (Wildman–Crippen LogP) is 1.26. The van der Waals surface area contributed by atoms with Crippen LogP contribution in [0, 0.1) is 0 Å². The number of anilines is 2. The Labute approximate surface area is 102 Å². The summed E-state index contributed by atoms with van der Waals surface area (Å²) < 4.78 is 0. The smallest absolute Gasteiger partial charge is 0.134 e. The highest BCUT2D eigenvalue weighted by Gasteiger charge is 2.18. The van der Waals surface area contributed by atoms with Gasteiger partial charge in [-0.3, -0.25) is 0 Å². The maximum Gasteiger partial charge on any atom is 0.134 e. The summed E-state index contributed by atoms with van der Waals surface area (Å²) in [5.74, 6) is 1.83. The SMILES string of the molecule is CCCNc1cc(N2CCC(O)CC2)ncn1. The van der Waals surface area contributed by atoms with E-state index < -0.39 is 0 Å². The number of nitrogens with one attached hydrogen (secondary N) is 1. The Morgan fingerprint density at radius 3 is 2.88 bits per heavy atom. The zero-order valence-corrected chi connectivity index (χ0v) is 10.3. The average Bonchev–Trinajstić information content (AvgIpc) is 2.37. The van der Waals surface area contributed by atoms with Gasteiger partial charge in [-0.15, -0.1) is 0 Å². The molecule has 1 saturated heterocycles. The van der Waals surface area contributed by atoms with Crippen LogP contribution in [-0.4, -0.2) is 40.8 Å². The highest BCUT2D eigenvalue weighted by atomic mass is 16.3. The highest BCUT2D eigenvalue weighted by Crippen LogP contribution is 2.19. The first-order valence-corrected chi connectivity index (χ1v) is 6.28. The van der Waals surface area contributed by atoms with E-state index in [-0.39, 0.29) is 6.10 Å². The van der Waals surface area contributed by atoms with Crippen molar-refractivity contribution in [1.82, 2.24) is 9.97 Å². The fourth-order valence-electron chi connectivity index (χ4n) is 1.96. The minimum Gasteiger partial charge on any atom is -0.393 e. The minimum atomic E-state index is -0.147. The Kier molecular flexibility index (Phi) is 4.14.